The summed E-state index contributed by atoms with van der Waals surface area (Å²) in [7, 11) is 0. The second kappa shape index (κ2) is 6.00. The maximum Gasteiger partial charge on any atom is 0.0705 e. The molecule has 0 aliphatic heterocycles. The molecule has 2 aromatic carbocycles. The predicted octanol–water partition coefficient (Wildman–Crippen LogP) is 6.02. The molecular weight excluding hydrogens is 278 g/mol. The van der Waals surface area contributed by atoms with Gasteiger partial charge in [-0.05, 0) is 52.8 Å². The average molecular weight is 301 g/mol. The molecular formula is C22H23N. The van der Waals surface area contributed by atoms with Crippen LogP contribution in [0.25, 0.3) is 22.4 Å². The monoisotopic (exact) mass is 301 g/mol. The first kappa shape index (κ1) is 15.5. The van der Waals surface area contributed by atoms with Gasteiger partial charge in [-0.25, -0.2) is 0 Å². The van der Waals surface area contributed by atoms with Gasteiger partial charge < -0.3 is 0 Å². The van der Waals surface area contributed by atoms with Crippen LogP contribution in [0.15, 0.2) is 66.9 Å². The minimum atomic E-state index is 0.130. The van der Waals surface area contributed by atoms with E-state index in [0.717, 1.165) is 11.3 Å². The van der Waals surface area contributed by atoms with E-state index < -0.39 is 0 Å². The molecule has 23 heavy (non-hydrogen) atoms. The lowest BCUT2D eigenvalue weighted by Crippen LogP contribution is -2.11. The maximum absolute atomic E-state index is 4.58. The van der Waals surface area contributed by atoms with E-state index in [0.29, 0.717) is 0 Å². The summed E-state index contributed by atoms with van der Waals surface area (Å²) in [6, 6.07) is 21.5. The highest BCUT2D eigenvalue weighted by Crippen LogP contribution is 2.29. The molecule has 0 atom stereocenters. The van der Waals surface area contributed by atoms with Gasteiger partial charge >= 0.3 is 0 Å². The zero-order valence-electron chi connectivity index (χ0n) is 14.3. The molecule has 1 heteroatoms. The van der Waals surface area contributed by atoms with E-state index in [4.69, 9.17) is 0 Å². The smallest absolute Gasteiger partial charge is 0.0705 e. The van der Waals surface area contributed by atoms with Crippen LogP contribution in [0.2, 0.25) is 0 Å². The topological polar surface area (TPSA) is 12.9 Å². The maximum atomic E-state index is 4.58. The first-order valence-electron chi connectivity index (χ1n) is 8.08. The summed E-state index contributed by atoms with van der Waals surface area (Å²) in [6.07, 6.45) is 1.91. The predicted molar refractivity (Wildman–Crippen MR) is 98.5 cm³/mol. The van der Waals surface area contributed by atoms with Crippen LogP contribution in [0.1, 0.15) is 31.9 Å². The van der Waals surface area contributed by atoms with Gasteiger partial charge in [-0.2, -0.15) is 0 Å². The lowest BCUT2D eigenvalue weighted by atomic mass is 9.87. The minimum Gasteiger partial charge on any atom is -0.256 e. The summed E-state index contributed by atoms with van der Waals surface area (Å²) in [5.74, 6) is 0. The van der Waals surface area contributed by atoms with Crippen LogP contribution in [0, 0.1) is 6.92 Å². The molecule has 0 fully saturated rings. The highest BCUT2D eigenvalue weighted by Gasteiger charge is 2.14. The Bertz CT molecular complexity index is 825. The number of pyridine rings is 1. The first-order chi connectivity index (χ1) is 10.9. The van der Waals surface area contributed by atoms with Crippen molar-refractivity contribution in [1.29, 1.82) is 0 Å². The zero-order valence-corrected chi connectivity index (χ0v) is 14.3. The Hall–Kier alpha value is -2.41. The van der Waals surface area contributed by atoms with Crippen molar-refractivity contribution >= 4 is 0 Å². The molecule has 0 N–H and O–H groups in total. The molecule has 3 rings (SSSR count). The van der Waals surface area contributed by atoms with Crippen molar-refractivity contribution in [3.05, 3.63) is 78.0 Å². The van der Waals surface area contributed by atoms with Crippen LogP contribution in [-0.4, -0.2) is 4.98 Å². The van der Waals surface area contributed by atoms with E-state index in [1.54, 1.807) is 0 Å². The average Bonchev–Trinajstić information content (AvgIpc) is 2.55. The first-order valence-corrected chi connectivity index (χ1v) is 8.08. The Morgan fingerprint density at radius 1 is 0.783 bits per heavy atom. The van der Waals surface area contributed by atoms with Crippen LogP contribution in [-0.2, 0) is 5.41 Å². The largest absolute Gasteiger partial charge is 0.256 e. The number of aromatic nitrogens is 1. The second-order valence-electron chi connectivity index (χ2n) is 7.08. The fraction of sp³-hybridized carbons (Fsp3) is 0.227. The summed E-state index contributed by atoms with van der Waals surface area (Å²) in [6.45, 7) is 8.85. The molecule has 0 saturated carbocycles. The van der Waals surface area contributed by atoms with Crippen molar-refractivity contribution in [2.75, 3.05) is 0 Å². The fourth-order valence-electron chi connectivity index (χ4n) is 2.80. The molecule has 0 bridgehead atoms. The van der Waals surface area contributed by atoms with Crippen LogP contribution in [0.5, 0.6) is 0 Å². The molecule has 0 saturated heterocycles. The van der Waals surface area contributed by atoms with Gasteiger partial charge in [0.25, 0.3) is 0 Å². The SMILES string of the molecule is Cc1ccccc1-c1cccc(-c2cc(C(C)(C)C)ccn2)c1. The molecule has 3 aromatic rings. The number of hydrogen-bond acceptors (Lipinski definition) is 1. The molecule has 0 aliphatic carbocycles. The third-order valence-electron chi connectivity index (χ3n) is 4.24. The number of benzene rings is 2. The summed E-state index contributed by atoms with van der Waals surface area (Å²) in [5.41, 5.74) is 7.45. The molecule has 116 valence electrons. The lowest BCUT2D eigenvalue weighted by molar-refractivity contribution is 0.589. The van der Waals surface area contributed by atoms with Gasteiger partial charge in [0, 0.05) is 11.8 Å². The van der Waals surface area contributed by atoms with Gasteiger partial charge in [0.1, 0.15) is 0 Å². The van der Waals surface area contributed by atoms with Crippen LogP contribution < -0.4 is 0 Å². The quantitative estimate of drug-likeness (QED) is 0.564. The van der Waals surface area contributed by atoms with Gasteiger partial charge in [0.05, 0.1) is 5.69 Å². The summed E-state index contributed by atoms with van der Waals surface area (Å²) in [4.78, 5) is 4.58. The third-order valence-corrected chi connectivity index (χ3v) is 4.24. The van der Waals surface area contributed by atoms with E-state index in [1.165, 1.54) is 22.3 Å². The van der Waals surface area contributed by atoms with Crippen molar-refractivity contribution in [3.8, 4) is 22.4 Å². The van der Waals surface area contributed by atoms with Crippen LogP contribution >= 0.6 is 0 Å². The highest BCUT2D eigenvalue weighted by molar-refractivity contribution is 5.73. The van der Waals surface area contributed by atoms with Gasteiger partial charge in [0.2, 0.25) is 0 Å². The van der Waals surface area contributed by atoms with E-state index in [-0.39, 0.29) is 5.41 Å². The molecule has 0 unspecified atom stereocenters. The Morgan fingerprint density at radius 3 is 2.26 bits per heavy atom. The van der Waals surface area contributed by atoms with Gasteiger partial charge in [-0.3, -0.25) is 4.98 Å². The minimum absolute atomic E-state index is 0.130. The second-order valence-corrected chi connectivity index (χ2v) is 7.08. The molecule has 0 aliphatic rings. The number of aryl methyl sites for hydroxylation is 1. The Labute approximate surface area is 139 Å². The van der Waals surface area contributed by atoms with Crippen molar-refractivity contribution in [3.63, 3.8) is 0 Å². The fourth-order valence-corrected chi connectivity index (χ4v) is 2.80. The molecule has 0 spiro atoms. The summed E-state index contributed by atoms with van der Waals surface area (Å²) >= 11 is 0. The Balaban J connectivity index is 2.06. The normalized spacial score (nSPS) is 11.5. The van der Waals surface area contributed by atoms with Gasteiger partial charge in [-0.1, -0.05) is 63.2 Å². The van der Waals surface area contributed by atoms with Crippen molar-refractivity contribution < 1.29 is 0 Å². The number of rotatable bonds is 2. The molecule has 0 amide bonds. The molecule has 1 heterocycles. The van der Waals surface area contributed by atoms with Crippen LogP contribution in [0.3, 0.4) is 0 Å². The van der Waals surface area contributed by atoms with Crippen molar-refractivity contribution in [2.45, 2.75) is 33.1 Å². The standard InChI is InChI=1S/C22H23N/c1-16-8-5-6-11-20(16)17-9-7-10-18(14-17)21-15-19(12-13-23-21)22(2,3)4/h5-15H,1-4H3. The summed E-state index contributed by atoms with van der Waals surface area (Å²) < 4.78 is 0. The third kappa shape index (κ3) is 3.34. The Kier molecular flexibility index (Phi) is 4.04. The Morgan fingerprint density at radius 2 is 1.52 bits per heavy atom. The van der Waals surface area contributed by atoms with Gasteiger partial charge in [0.15, 0.2) is 0 Å². The highest BCUT2D eigenvalue weighted by atomic mass is 14.7. The number of nitrogens with zero attached hydrogens (tertiary/aromatic N) is 1. The van der Waals surface area contributed by atoms with Crippen molar-refractivity contribution in [1.82, 2.24) is 4.98 Å². The van der Waals surface area contributed by atoms with Gasteiger partial charge in [-0.15, -0.1) is 0 Å². The van der Waals surface area contributed by atoms with E-state index in [2.05, 4.69) is 93.3 Å². The van der Waals surface area contributed by atoms with Crippen molar-refractivity contribution in [2.24, 2.45) is 0 Å². The van der Waals surface area contributed by atoms with E-state index in [9.17, 15) is 0 Å². The summed E-state index contributed by atoms with van der Waals surface area (Å²) in [5, 5.41) is 0. The molecule has 1 nitrogen and oxygen atoms in total. The van der Waals surface area contributed by atoms with E-state index in [1.807, 2.05) is 6.20 Å². The van der Waals surface area contributed by atoms with Crippen LogP contribution in [0.4, 0.5) is 0 Å². The zero-order chi connectivity index (χ0) is 16.4. The lowest BCUT2D eigenvalue weighted by Gasteiger charge is -2.19. The number of hydrogen-bond donors (Lipinski definition) is 0. The van der Waals surface area contributed by atoms with E-state index >= 15 is 0 Å². The molecule has 0 radical (unpaired) electrons. The molecule has 1 aromatic heterocycles.